The molecule has 8 heteroatoms. The number of carboxylic acid groups (broad SMARTS) is 1. The Morgan fingerprint density at radius 3 is 2.50 bits per heavy atom. The lowest BCUT2D eigenvalue weighted by Gasteiger charge is -2.17. The number of nitrogens with zero attached hydrogens (tertiary/aromatic N) is 1. The summed E-state index contributed by atoms with van der Waals surface area (Å²) in [6.07, 6.45) is -2.67. The van der Waals surface area contributed by atoms with E-state index in [1.54, 1.807) is 6.07 Å². The van der Waals surface area contributed by atoms with Gasteiger partial charge in [-0.25, -0.2) is 0 Å². The van der Waals surface area contributed by atoms with E-state index in [1.807, 2.05) is 0 Å². The van der Waals surface area contributed by atoms with Crippen LogP contribution in [-0.4, -0.2) is 41.3 Å². The summed E-state index contributed by atoms with van der Waals surface area (Å²) in [5.41, 5.74) is 0.297. The van der Waals surface area contributed by atoms with E-state index in [1.165, 1.54) is 23.1 Å². The average molecular weight is 371 g/mol. The number of para-hydroxylation sites is 1. The smallest absolute Gasteiger partial charge is 0.481 e. The summed E-state index contributed by atoms with van der Waals surface area (Å²) in [6, 6.07) is 5.73. The Hall–Kier alpha value is -2.25. The van der Waals surface area contributed by atoms with Gasteiger partial charge in [-0.1, -0.05) is 18.2 Å². The zero-order chi connectivity index (χ0) is 18.9. The molecule has 3 rings (SSSR count). The number of amides is 1. The van der Waals surface area contributed by atoms with Crippen molar-refractivity contribution in [2.24, 2.45) is 17.8 Å². The molecule has 142 valence electrons. The molecular weight excluding hydrogens is 351 g/mol. The number of carboxylic acids is 1. The molecule has 2 fully saturated rings. The first kappa shape index (κ1) is 18.5. The molecule has 26 heavy (non-hydrogen) atoms. The van der Waals surface area contributed by atoms with Crippen LogP contribution in [0.15, 0.2) is 24.3 Å². The third-order valence-electron chi connectivity index (χ3n) is 5.07. The zero-order valence-electron chi connectivity index (χ0n) is 14.0. The summed E-state index contributed by atoms with van der Waals surface area (Å²) in [4.78, 5) is 25.4. The minimum atomic E-state index is -4.79. The molecule has 1 N–H and O–H groups in total. The summed E-state index contributed by atoms with van der Waals surface area (Å²) in [5.74, 6) is -1.63. The zero-order valence-corrected chi connectivity index (χ0v) is 14.0. The Balaban J connectivity index is 1.60. The molecule has 1 heterocycles. The third-order valence-corrected chi connectivity index (χ3v) is 5.07. The van der Waals surface area contributed by atoms with Gasteiger partial charge in [0.25, 0.3) is 0 Å². The topological polar surface area (TPSA) is 66.8 Å². The van der Waals surface area contributed by atoms with Crippen molar-refractivity contribution < 1.29 is 32.6 Å². The van der Waals surface area contributed by atoms with Crippen molar-refractivity contribution in [1.82, 2.24) is 4.90 Å². The summed E-state index contributed by atoms with van der Waals surface area (Å²) < 4.78 is 41.4. The number of hydrogen-bond donors (Lipinski definition) is 1. The van der Waals surface area contributed by atoms with Crippen LogP contribution in [0.5, 0.6) is 5.75 Å². The monoisotopic (exact) mass is 371 g/mol. The van der Waals surface area contributed by atoms with E-state index in [-0.39, 0.29) is 37.0 Å². The molecule has 0 radical (unpaired) electrons. The number of carbonyl (C=O) groups excluding carboxylic acids is 1. The van der Waals surface area contributed by atoms with Crippen molar-refractivity contribution in [2.45, 2.75) is 32.0 Å². The first-order chi connectivity index (χ1) is 12.2. The summed E-state index contributed by atoms with van der Waals surface area (Å²) in [5, 5.41) is 9.35. The number of likely N-dealkylation sites (tertiary alicyclic amines) is 1. The van der Waals surface area contributed by atoms with E-state index in [2.05, 4.69) is 4.74 Å². The summed E-state index contributed by atoms with van der Waals surface area (Å²) in [6.45, 7) is 0.594. The van der Waals surface area contributed by atoms with Gasteiger partial charge in [-0.15, -0.1) is 13.2 Å². The van der Waals surface area contributed by atoms with Crippen LogP contribution in [0, 0.1) is 17.8 Å². The molecular formula is C18H20F3NO4. The highest BCUT2D eigenvalue weighted by Crippen LogP contribution is 2.44. The SMILES string of the molecule is O=C(O)[C@H]1CN(C(=O)CCc2ccccc2OC(F)(F)F)C[C@@H]1C1CC1. The van der Waals surface area contributed by atoms with Gasteiger partial charge in [-0.2, -0.15) is 0 Å². The van der Waals surface area contributed by atoms with Crippen molar-refractivity contribution >= 4 is 11.9 Å². The highest BCUT2D eigenvalue weighted by atomic mass is 19.4. The van der Waals surface area contributed by atoms with Crippen LogP contribution in [0.25, 0.3) is 0 Å². The summed E-state index contributed by atoms with van der Waals surface area (Å²) in [7, 11) is 0. The highest BCUT2D eigenvalue weighted by Gasteiger charge is 2.46. The minimum absolute atomic E-state index is 0.0158. The number of benzene rings is 1. The minimum Gasteiger partial charge on any atom is -0.481 e. The molecule has 2 aliphatic rings. The molecule has 0 unspecified atom stereocenters. The van der Waals surface area contributed by atoms with Crippen LogP contribution >= 0.6 is 0 Å². The van der Waals surface area contributed by atoms with Gasteiger partial charge in [0.15, 0.2) is 0 Å². The third kappa shape index (κ3) is 4.47. The van der Waals surface area contributed by atoms with Crippen LogP contribution in [0.1, 0.15) is 24.8 Å². The van der Waals surface area contributed by atoms with Crippen LogP contribution in [0.4, 0.5) is 13.2 Å². The second kappa shape index (κ2) is 7.17. The average Bonchev–Trinajstić information content (AvgIpc) is 3.30. The molecule has 5 nitrogen and oxygen atoms in total. The van der Waals surface area contributed by atoms with Crippen molar-refractivity contribution in [3.63, 3.8) is 0 Å². The molecule has 1 aromatic carbocycles. The Morgan fingerprint density at radius 2 is 1.88 bits per heavy atom. The van der Waals surface area contributed by atoms with Crippen LogP contribution in [0.2, 0.25) is 0 Å². The quantitative estimate of drug-likeness (QED) is 0.835. The normalized spacial score (nSPS) is 23.1. The maximum absolute atomic E-state index is 12.5. The molecule has 0 bridgehead atoms. The van der Waals surface area contributed by atoms with Gasteiger partial charge in [0.1, 0.15) is 5.75 Å². The summed E-state index contributed by atoms with van der Waals surface area (Å²) >= 11 is 0. The second-order valence-electron chi connectivity index (χ2n) is 6.90. The molecule has 2 atom stereocenters. The lowest BCUT2D eigenvalue weighted by molar-refractivity contribution is -0.274. The van der Waals surface area contributed by atoms with Crippen LogP contribution < -0.4 is 4.74 Å². The Bertz CT molecular complexity index is 687. The fourth-order valence-corrected chi connectivity index (χ4v) is 3.63. The maximum Gasteiger partial charge on any atom is 0.573 e. The standard InChI is InChI=1S/C18H20F3NO4/c19-18(20,21)26-15-4-2-1-3-12(15)7-8-16(23)22-9-13(11-5-6-11)14(10-22)17(24)25/h1-4,11,13-14H,5-10H2,(H,24,25)/t13-,14+/m1/s1. The number of aryl methyl sites for hydroxylation is 1. The van der Waals surface area contributed by atoms with E-state index in [9.17, 15) is 27.9 Å². The number of rotatable bonds is 6. The van der Waals surface area contributed by atoms with Crippen LogP contribution in [-0.2, 0) is 16.0 Å². The van der Waals surface area contributed by atoms with Gasteiger partial charge >= 0.3 is 12.3 Å². The van der Waals surface area contributed by atoms with E-state index in [4.69, 9.17) is 0 Å². The van der Waals surface area contributed by atoms with Crippen molar-refractivity contribution in [3.05, 3.63) is 29.8 Å². The molecule has 1 aromatic rings. The predicted octanol–water partition coefficient (Wildman–Crippen LogP) is 3.09. The second-order valence-corrected chi connectivity index (χ2v) is 6.90. The number of ether oxygens (including phenoxy) is 1. The Kier molecular flexibility index (Phi) is 5.11. The van der Waals surface area contributed by atoms with Gasteiger partial charge in [-0.05, 0) is 42.7 Å². The van der Waals surface area contributed by atoms with Gasteiger partial charge in [0.05, 0.1) is 5.92 Å². The van der Waals surface area contributed by atoms with Crippen molar-refractivity contribution in [3.8, 4) is 5.75 Å². The molecule has 0 spiro atoms. The first-order valence-electron chi connectivity index (χ1n) is 8.59. The molecule has 1 saturated carbocycles. The van der Waals surface area contributed by atoms with E-state index >= 15 is 0 Å². The molecule has 1 aliphatic heterocycles. The van der Waals surface area contributed by atoms with Crippen LogP contribution in [0.3, 0.4) is 0 Å². The number of alkyl halides is 3. The Labute approximate surface area is 148 Å². The Morgan fingerprint density at radius 1 is 1.19 bits per heavy atom. The fourth-order valence-electron chi connectivity index (χ4n) is 3.63. The van der Waals surface area contributed by atoms with Gasteiger partial charge < -0.3 is 14.7 Å². The van der Waals surface area contributed by atoms with Gasteiger partial charge in [0, 0.05) is 19.5 Å². The number of hydrogen-bond acceptors (Lipinski definition) is 3. The maximum atomic E-state index is 12.5. The van der Waals surface area contributed by atoms with Crippen molar-refractivity contribution in [1.29, 1.82) is 0 Å². The van der Waals surface area contributed by atoms with Gasteiger partial charge in [0.2, 0.25) is 5.91 Å². The first-order valence-corrected chi connectivity index (χ1v) is 8.59. The number of halogens is 3. The highest BCUT2D eigenvalue weighted by molar-refractivity contribution is 5.79. The van der Waals surface area contributed by atoms with E-state index in [0.717, 1.165) is 12.8 Å². The predicted molar refractivity (Wildman–Crippen MR) is 85.4 cm³/mol. The molecule has 1 amide bonds. The fraction of sp³-hybridized carbons (Fsp3) is 0.556. The number of carbonyl (C=O) groups is 2. The molecule has 1 saturated heterocycles. The lowest BCUT2D eigenvalue weighted by Crippen LogP contribution is -2.30. The van der Waals surface area contributed by atoms with Crippen molar-refractivity contribution in [2.75, 3.05) is 13.1 Å². The van der Waals surface area contributed by atoms with Gasteiger partial charge in [-0.3, -0.25) is 9.59 Å². The van der Waals surface area contributed by atoms with E-state index in [0.29, 0.717) is 18.0 Å². The van der Waals surface area contributed by atoms with E-state index < -0.39 is 18.2 Å². The molecule has 0 aromatic heterocycles. The molecule has 1 aliphatic carbocycles. The largest absolute Gasteiger partial charge is 0.573 e. The number of aliphatic carboxylic acids is 1. The lowest BCUT2D eigenvalue weighted by atomic mass is 9.92.